The Hall–Kier alpha value is -4.70. The first-order chi connectivity index (χ1) is 16.8. The molecule has 4 nitrogen and oxygen atoms in total. The van der Waals surface area contributed by atoms with Gasteiger partial charge < -0.3 is 4.57 Å². The topological polar surface area (TPSA) is 46.4 Å². The number of carbonyl (C=O) groups excluding carboxylic acids is 1. The number of benzene rings is 4. The minimum atomic E-state index is -0.246. The molecule has 164 valence electrons. The zero-order valence-electron chi connectivity index (χ0n) is 18.5. The Morgan fingerprint density at radius 1 is 0.676 bits per heavy atom. The summed E-state index contributed by atoms with van der Waals surface area (Å²) in [7, 11) is 0. The summed E-state index contributed by atoms with van der Waals surface area (Å²) in [5.74, 6) is -0.246. The van der Waals surface area contributed by atoms with Gasteiger partial charge in [-0.1, -0.05) is 97.1 Å². The monoisotopic (exact) mass is 441 g/mol. The van der Waals surface area contributed by atoms with Crippen LogP contribution < -0.4 is 5.43 Å². The van der Waals surface area contributed by atoms with Crippen molar-refractivity contribution < 1.29 is 4.79 Å². The van der Waals surface area contributed by atoms with Crippen molar-refractivity contribution in [2.75, 3.05) is 0 Å². The number of hydrazone groups is 1. The first kappa shape index (κ1) is 21.2. The number of aromatic nitrogens is 1. The molecule has 0 radical (unpaired) electrons. The fourth-order valence-corrected chi connectivity index (χ4v) is 4.00. The van der Waals surface area contributed by atoms with Crippen LogP contribution in [0.25, 0.3) is 28.2 Å². The number of amides is 1. The van der Waals surface area contributed by atoms with E-state index >= 15 is 0 Å². The van der Waals surface area contributed by atoms with Crippen LogP contribution in [0.5, 0.6) is 0 Å². The van der Waals surface area contributed by atoms with E-state index in [4.69, 9.17) is 0 Å². The zero-order chi connectivity index (χ0) is 23.2. The summed E-state index contributed by atoms with van der Waals surface area (Å²) < 4.78 is 2.24. The van der Waals surface area contributed by atoms with Crippen LogP contribution in [0.1, 0.15) is 15.9 Å². The highest BCUT2D eigenvalue weighted by molar-refractivity contribution is 5.97. The Morgan fingerprint density at radius 3 is 1.82 bits per heavy atom. The van der Waals surface area contributed by atoms with E-state index in [0.29, 0.717) is 5.56 Å². The summed E-state index contributed by atoms with van der Waals surface area (Å²) >= 11 is 0. The standard InChI is InChI=1S/C30H23N3O/c34-30(25-17-9-3-10-18-25)32-31-22-26-21-28(23-13-5-1-6-14-23)33(27-19-11-4-12-20-27)29(26)24-15-7-2-8-16-24/h1-22H,(H,32,34)/b31-22+. The summed E-state index contributed by atoms with van der Waals surface area (Å²) in [6.45, 7) is 0. The van der Waals surface area contributed by atoms with Gasteiger partial charge in [-0.3, -0.25) is 4.79 Å². The number of rotatable bonds is 6. The van der Waals surface area contributed by atoms with Crippen LogP contribution in [-0.4, -0.2) is 16.7 Å². The van der Waals surface area contributed by atoms with Gasteiger partial charge in [0.25, 0.3) is 5.91 Å². The molecule has 5 rings (SSSR count). The van der Waals surface area contributed by atoms with Gasteiger partial charge in [0.15, 0.2) is 0 Å². The lowest BCUT2D eigenvalue weighted by Gasteiger charge is -2.15. The molecule has 0 fully saturated rings. The average Bonchev–Trinajstić information content (AvgIpc) is 3.30. The van der Waals surface area contributed by atoms with Gasteiger partial charge in [-0.2, -0.15) is 5.10 Å². The van der Waals surface area contributed by atoms with Gasteiger partial charge in [-0.15, -0.1) is 0 Å². The van der Waals surface area contributed by atoms with Crippen molar-refractivity contribution in [1.82, 2.24) is 9.99 Å². The third-order valence-electron chi connectivity index (χ3n) is 5.57. The molecular formula is C30H23N3O. The van der Waals surface area contributed by atoms with Crippen molar-refractivity contribution in [3.8, 4) is 28.2 Å². The van der Waals surface area contributed by atoms with E-state index in [1.54, 1.807) is 18.3 Å². The summed E-state index contributed by atoms with van der Waals surface area (Å²) in [5, 5.41) is 4.31. The molecule has 0 spiro atoms. The Labute approximate surface area is 198 Å². The van der Waals surface area contributed by atoms with Crippen LogP contribution in [0.4, 0.5) is 0 Å². The second-order valence-corrected chi connectivity index (χ2v) is 7.80. The third kappa shape index (κ3) is 4.43. The molecule has 5 aromatic rings. The van der Waals surface area contributed by atoms with Crippen LogP contribution in [0, 0.1) is 0 Å². The number of carbonyl (C=O) groups is 1. The highest BCUT2D eigenvalue weighted by Gasteiger charge is 2.18. The molecule has 0 aliphatic heterocycles. The Morgan fingerprint density at radius 2 is 1.21 bits per heavy atom. The van der Waals surface area contributed by atoms with Crippen LogP contribution in [0.15, 0.2) is 132 Å². The normalized spacial score (nSPS) is 10.9. The van der Waals surface area contributed by atoms with Crippen molar-refractivity contribution in [2.45, 2.75) is 0 Å². The Bertz CT molecular complexity index is 1410. The molecule has 4 heteroatoms. The lowest BCUT2D eigenvalue weighted by Crippen LogP contribution is -2.17. The maximum atomic E-state index is 12.5. The van der Waals surface area contributed by atoms with E-state index < -0.39 is 0 Å². The molecule has 4 aromatic carbocycles. The van der Waals surface area contributed by atoms with Crippen LogP contribution in [-0.2, 0) is 0 Å². The van der Waals surface area contributed by atoms with E-state index in [9.17, 15) is 4.79 Å². The summed E-state index contributed by atoms with van der Waals surface area (Å²) in [4.78, 5) is 12.5. The zero-order valence-corrected chi connectivity index (χ0v) is 18.5. The molecule has 1 N–H and O–H groups in total. The van der Waals surface area contributed by atoms with Crippen LogP contribution >= 0.6 is 0 Å². The number of nitrogens with zero attached hydrogens (tertiary/aromatic N) is 2. The molecule has 0 saturated carbocycles. The number of hydrogen-bond donors (Lipinski definition) is 1. The van der Waals surface area contributed by atoms with Gasteiger partial charge in [0.2, 0.25) is 0 Å². The molecule has 0 aliphatic carbocycles. The number of para-hydroxylation sites is 1. The minimum Gasteiger partial charge on any atom is -0.309 e. The SMILES string of the molecule is O=C(N/N=C/c1cc(-c2ccccc2)n(-c2ccccc2)c1-c1ccccc1)c1ccccc1. The lowest BCUT2D eigenvalue weighted by molar-refractivity contribution is 0.0955. The smallest absolute Gasteiger partial charge is 0.271 e. The maximum absolute atomic E-state index is 12.5. The molecule has 0 unspecified atom stereocenters. The highest BCUT2D eigenvalue weighted by atomic mass is 16.2. The van der Waals surface area contributed by atoms with Crippen molar-refractivity contribution in [3.05, 3.63) is 139 Å². The van der Waals surface area contributed by atoms with Gasteiger partial charge in [0, 0.05) is 16.8 Å². The molecule has 1 aromatic heterocycles. The first-order valence-electron chi connectivity index (χ1n) is 11.1. The lowest BCUT2D eigenvalue weighted by atomic mass is 10.1. The van der Waals surface area contributed by atoms with Gasteiger partial charge >= 0.3 is 0 Å². The summed E-state index contributed by atoms with van der Waals surface area (Å²) in [6.07, 6.45) is 1.72. The van der Waals surface area contributed by atoms with Gasteiger partial charge in [-0.25, -0.2) is 5.43 Å². The van der Waals surface area contributed by atoms with E-state index in [1.807, 2.05) is 72.8 Å². The molecule has 1 amide bonds. The fraction of sp³-hybridized carbons (Fsp3) is 0. The van der Waals surface area contributed by atoms with E-state index in [1.165, 1.54) is 0 Å². The number of nitrogens with one attached hydrogen (secondary N) is 1. The second-order valence-electron chi connectivity index (χ2n) is 7.80. The Kier molecular flexibility index (Phi) is 6.12. The van der Waals surface area contributed by atoms with Crippen LogP contribution in [0.3, 0.4) is 0 Å². The molecule has 0 bridgehead atoms. The minimum absolute atomic E-state index is 0.246. The first-order valence-corrected chi connectivity index (χ1v) is 11.1. The van der Waals surface area contributed by atoms with Crippen LogP contribution in [0.2, 0.25) is 0 Å². The van der Waals surface area contributed by atoms with Gasteiger partial charge in [0.1, 0.15) is 0 Å². The molecular weight excluding hydrogens is 418 g/mol. The molecule has 1 heterocycles. The average molecular weight is 442 g/mol. The largest absolute Gasteiger partial charge is 0.309 e. The van der Waals surface area contributed by atoms with Gasteiger partial charge in [-0.05, 0) is 41.5 Å². The van der Waals surface area contributed by atoms with Crippen molar-refractivity contribution in [2.24, 2.45) is 5.10 Å². The van der Waals surface area contributed by atoms with E-state index in [-0.39, 0.29) is 5.91 Å². The van der Waals surface area contributed by atoms with Crippen molar-refractivity contribution in [1.29, 1.82) is 0 Å². The predicted molar refractivity (Wildman–Crippen MR) is 138 cm³/mol. The third-order valence-corrected chi connectivity index (χ3v) is 5.57. The quantitative estimate of drug-likeness (QED) is 0.235. The molecule has 0 saturated heterocycles. The van der Waals surface area contributed by atoms with E-state index in [0.717, 1.165) is 33.8 Å². The second kappa shape index (κ2) is 9.84. The molecule has 0 aliphatic rings. The summed E-state index contributed by atoms with van der Waals surface area (Å²) in [5.41, 5.74) is 9.37. The van der Waals surface area contributed by atoms with Crippen molar-refractivity contribution in [3.63, 3.8) is 0 Å². The Balaban J connectivity index is 1.64. The maximum Gasteiger partial charge on any atom is 0.271 e. The highest BCUT2D eigenvalue weighted by Crippen LogP contribution is 2.35. The van der Waals surface area contributed by atoms with Crippen molar-refractivity contribution >= 4 is 12.1 Å². The number of hydrogen-bond acceptors (Lipinski definition) is 2. The molecule has 0 atom stereocenters. The van der Waals surface area contributed by atoms with E-state index in [2.05, 4.69) is 57.6 Å². The predicted octanol–water partition coefficient (Wildman–Crippen LogP) is 6.58. The summed E-state index contributed by atoms with van der Waals surface area (Å²) in [6, 6.07) is 42.0. The molecule has 34 heavy (non-hydrogen) atoms. The van der Waals surface area contributed by atoms with Gasteiger partial charge in [0.05, 0.1) is 17.6 Å². The fourth-order valence-electron chi connectivity index (χ4n) is 4.00.